The Morgan fingerprint density at radius 1 is 1.11 bits per heavy atom. The van der Waals surface area contributed by atoms with Crippen molar-refractivity contribution in [3.8, 4) is 11.5 Å². The normalized spacial score (nSPS) is 13.2. The van der Waals surface area contributed by atoms with Gasteiger partial charge in [0.25, 0.3) is 0 Å². The molecule has 1 aliphatic heterocycles. The highest BCUT2D eigenvalue weighted by atomic mass is 79.9. The molecule has 0 saturated carbocycles. The second-order valence-electron chi connectivity index (χ2n) is 8.42. The first-order chi connectivity index (χ1) is 17.2. The number of carbonyl (C=O) groups is 2. The number of amides is 2. The van der Waals surface area contributed by atoms with Crippen LogP contribution < -0.4 is 19.1 Å². The molecule has 36 heavy (non-hydrogen) atoms. The van der Waals surface area contributed by atoms with Crippen molar-refractivity contribution < 1.29 is 27.5 Å². The van der Waals surface area contributed by atoms with E-state index in [4.69, 9.17) is 9.47 Å². The van der Waals surface area contributed by atoms with E-state index in [0.29, 0.717) is 18.0 Å². The fourth-order valence-corrected chi connectivity index (χ4v) is 5.21. The van der Waals surface area contributed by atoms with Crippen LogP contribution in [0.3, 0.4) is 0 Å². The van der Waals surface area contributed by atoms with Gasteiger partial charge in [-0.1, -0.05) is 41.4 Å². The Hall–Kier alpha value is -2.79. The first-order valence-corrected chi connectivity index (χ1v) is 14.3. The summed E-state index contributed by atoms with van der Waals surface area (Å²) in [5, 5.41) is 2.87. The zero-order chi connectivity index (χ0) is 26.3. The minimum Gasteiger partial charge on any atom is -0.454 e. The number of sulfonamides is 1. The molecule has 11 heteroatoms. The number of carbonyl (C=O) groups excluding carboxylic acids is 2. The first kappa shape index (κ1) is 27.8. The molecular weight excluding hydrogens is 550 g/mol. The van der Waals surface area contributed by atoms with Crippen LogP contribution in [-0.2, 0) is 26.2 Å². The molecule has 0 spiro atoms. The van der Waals surface area contributed by atoms with E-state index < -0.39 is 28.5 Å². The minimum atomic E-state index is -3.82. The van der Waals surface area contributed by atoms with E-state index in [1.165, 1.54) is 11.8 Å². The van der Waals surface area contributed by atoms with Crippen LogP contribution in [0.2, 0.25) is 0 Å². The lowest BCUT2D eigenvalue weighted by Gasteiger charge is -2.32. The Labute approximate surface area is 220 Å². The van der Waals surface area contributed by atoms with Crippen molar-refractivity contribution in [3.05, 3.63) is 52.5 Å². The first-order valence-electron chi connectivity index (χ1n) is 11.9. The number of unbranched alkanes of at least 4 members (excludes halogenated alkanes) is 1. The molecule has 1 heterocycles. The van der Waals surface area contributed by atoms with Crippen molar-refractivity contribution in [2.45, 2.75) is 46.2 Å². The number of benzene rings is 2. The van der Waals surface area contributed by atoms with Gasteiger partial charge in [0.2, 0.25) is 28.6 Å². The molecule has 0 bridgehead atoms. The molecule has 1 aliphatic rings. The van der Waals surface area contributed by atoms with Crippen molar-refractivity contribution in [1.29, 1.82) is 0 Å². The molecule has 0 aliphatic carbocycles. The van der Waals surface area contributed by atoms with Crippen LogP contribution in [-0.4, -0.2) is 56.8 Å². The molecule has 2 aromatic carbocycles. The van der Waals surface area contributed by atoms with Gasteiger partial charge in [0.05, 0.1) is 11.4 Å². The fourth-order valence-electron chi connectivity index (χ4n) is 3.71. The van der Waals surface area contributed by atoms with Crippen molar-refractivity contribution in [1.82, 2.24) is 10.2 Å². The Kier molecular flexibility index (Phi) is 9.61. The number of anilines is 1. The van der Waals surface area contributed by atoms with E-state index in [1.54, 1.807) is 25.1 Å². The number of halogens is 1. The minimum absolute atomic E-state index is 0.0450. The van der Waals surface area contributed by atoms with Crippen LogP contribution in [0.5, 0.6) is 11.5 Å². The number of ether oxygens (including phenoxy) is 2. The van der Waals surface area contributed by atoms with Gasteiger partial charge in [-0.25, -0.2) is 8.42 Å². The second-order valence-corrected chi connectivity index (χ2v) is 11.5. The monoisotopic (exact) mass is 581 g/mol. The van der Waals surface area contributed by atoms with E-state index in [-0.39, 0.29) is 30.7 Å². The molecule has 0 fully saturated rings. The number of nitrogens with zero attached hydrogens (tertiary/aromatic N) is 2. The summed E-state index contributed by atoms with van der Waals surface area (Å²) in [6.45, 7) is 5.42. The highest BCUT2D eigenvalue weighted by molar-refractivity contribution is 9.10. The molecule has 1 atom stereocenters. The van der Waals surface area contributed by atoms with Crippen LogP contribution in [0, 0.1) is 0 Å². The summed E-state index contributed by atoms with van der Waals surface area (Å²) in [6, 6.07) is 11.3. The lowest BCUT2D eigenvalue weighted by atomic mass is 10.1. The van der Waals surface area contributed by atoms with Crippen LogP contribution in [0.1, 0.15) is 39.2 Å². The number of hydrogen-bond acceptors (Lipinski definition) is 6. The largest absolute Gasteiger partial charge is 0.454 e. The topological polar surface area (TPSA) is 105 Å². The molecule has 0 radical (unpaired) electrons. The molecule has 0 saturated heterocycles. The van der Waals surface area contributed by atoms with Gasteiger partial charge in [-0.15, -0.1) is 0 Å². The molecule has 1 N–H and O–H groups in total. The van der Waals surface area contributed by atoms with Crippen molar-refractivity contribution in [2.75, 3.05) is 29.9 Å². The molecule has 9 nitrogen and oxygen atoms in total. The van der Waals surface area contributed by atoms with Gasteiger partial charge < -0.3 is 19.7 Å². The Balaban J connectivity index is 1.91. The Morgan fingerprint density at radius 3 is 2.56 bits per heavy atom. The van der Waals surface area contributed by atoms with Gasteiger partial charge in [0, 0.05) is 23.6 Å². The van der Waals surface area contributed by atoms with E-state index in [0.717, 1.165) is 27.2 Å². The highest BCUT2D eigenvalue weighted by Gasteiger charge is 2.31. The van der Waals surface area contributed by atoms with Crippen molar-refractivity contribution >= 4 is 43.5 Å². The molecular formula is C25H32BrN3O6S. The van der Waals surface area contributed by atoms with Gasteiger partial charge in [0.1, 0.15) is 12.6 Å². The smallest absolute Gasteiger partial charge is 0.244 e. The summed E-state index contributed by atoms with van der Waals surface area (Å²) in [5.74, 6) is -0.0750. The molecule has 0 aromatic heterocycles. The zero-order valence-electron chi connectivity index (χ0n) is 20.7. The third-order valence-electron chi connectivity index (χ3n) is 5.86. The molecule has 196 valence electrons. The zero-order valence-corrected chi connectivity index (χ0v) is 23.1. The summed E-state index contributed by atoms with van der Waals surface area (Å²) in [5.41, 5.74) is 1.09. The number of hydrogen-bond donors (Lipinski definition) is 1. The van der Waals surface area contributed by atoms with Gasteiger partial charge in [0.15, 0.2) is 11.5 Å². The lowest BCUT2D eigenvalue weighted by Crippen LogP contribution is -2.51. The standard InChI is InChI=1S/C25H32BrN3O6S/c1-4-6-12-27-25(31)18(3)28(15-19-8-7-9-20(26)13-19)24(30)16-29(36(32,33)5-2)21-10-11-22-23(14-21)35-17-34-22/h7-11,13-14,18H,4-6,12,15-17H2,1-3H3,(H,27,31). The van der Waals surface area contributed by atoms with Crippen LogP contribution in [0.15, 0.2) is 46.9 Å². The number of rotatable bonds is 12. The van der Waals surface area contributed by atoms with Gasteiger partial charge in [-0.3, -0.25) is 13.9 Å². The SMILES string of the molecule is CCCCNC(=O)C(C)N(Cc1cccc(Br)c1)C(=O)CN(c1ccc2c(c1)OCO2)S(=O)(=O)CC. The van der Waals surface area contributed by atoms with Gasteiger partial charge in [-0.2, -0.15) is 0 Å². The third kappa shape index (κ3) is 6.91. The quantitative estimate of drug-likeness (QED) is 0.383. The molecule has 1 unspecified atom stereocenters. The number of nitrogens with one attached hydrogen (secondary N) is 1. The predicted molar refractivity (Wildman–Crippen MR) is 141 cm³/mol. The van der Waals surface area contributed by atoms with Gasteiger partial charge >= 0.3 is 0 Å². The van der Waals surface area contributed by atoms with E-state index in [2.05, 4.69) is 21.2 Å². The van der Waals surface area contributed by atoms with E-state index in [9.17, 15) is 18.0 Å². The van der Waals surface area contributed by atoms with Crippen LogP contribution in [0.4, 0.5) is 5.69 Å². The van der Waals surface area contributed by atoms with Crippen LogP contribution in [0.25, 0.3) is 0 Å². The average Bonchev–Trinajstić information content (AvgIpc) is 3.33. The number of fused-ring (bicyclic) bond motifs is 1. The summed E-state index contributed by atoms with van der Waals surface area (Å²) in [7, 11) is -3.82. The maximum atomic E-state index is 13.7. The van der Waals surface area contributed by atoms with Crippen molar-refractivity contribution in [3.63, 3.8) is 0 Å². The average molecular weight is 583 g/mol. The maximum Gasteiger partial charge on any atom is 0.244 e. The predicted octanol–water partition coefficient (Wildman–Crippen LogP) is 3.67. The van der Waals surface area contributed by atoms with E-state index in [1.807, 2.05) is 31.2 Å². The molecule has 2 aromatic rings. The third-order valence-corrected chi connectivity index (χ3v) is 8.10. The fraction of sp³-hybridized carbons (Fsp3) is 0.440. The lowest BCUT2D eigenvalue weighted by molar-refractivity contribution is -0.139. The summed E-state index contributed by atoms with van der Waals surface area (Å²) in [4.78, 5) is 28.0. The summed E-state index contributed by atoms with van der Waals surface area (Å²) >= 11 is 3.44. The summed E-state index contributed by atoms with van der Waals surface area (Å²) in [6.07, 6.45) is 1.75. The summed E-state index contributed by atoms with van der Waals surface area (Å²) < 4.78 is 38.7. The second kappa shape index (κ2) is 12.4. The van der Waals surface area contributed by atoms with Crippen molar-refractivity contribution in [2.24, 2.45) is 0 Å². The van der Waals surface area contributed by atoms with Crippen LogP contribution >= 0.6 is 15.9 Å². The Bertz CT molecular complexity index is 1190. The van der Waals surface area contributed by atoms with E-state index >= 15 is 0 Å². The maximum absolute atomic E-state index is 13.7. The highest BCUT2D eigenvalue weighted by Crippen LogP contribution is 2.36. The molecule has 2 amide bonds. The Morgan fingerprint density at radius 2 is 1.86 bits per heavy atom. The molecule has 3 rings (SSSR count). The van der Waals surface area contributed by atoms with Gasteiger partial charge in [-0.05, 0) is 50.1 Å².